The van der Waals surface area contributed by atoms with Crippen molar-refractivity contribution >= 4 is 17.5 Å². The molecule has 2 N–H and O–H groups in total. The Kier molecular flexibility index (Phi) is 7.45. The fourth-order valence-corrected chi connectivity index (χ4v) is 4.36. The molecule has 186 valence electrons. The number of fused-ring (bicyclic) bond motifs is 2. The van der Waals surface area contributed by atoms with E-state index < -0.39 is 11.7 Å². The van der Waals surface area contributed by atoms with Gasteiger partial charge in [-0.3, -0.25) is 0 Å². The number of oxazole rings is 1. The van der Waals surface area contributed by atoms with Crippen molar-refractivity contribution < 1.29 is 22.3 Å². The van der Waals surface area contributed by atoms with Gasteiger partial charge in [0.15, 0.2) is 6.23 Å². The molecule has 35 heavy (non-hydrogen) atoms. The quantitative estimate of drug-likeness (QED) is 0.428. The molecule has 2 atom stereocenters. The van der Waals surface area contributed by atoms with Gasteiger partial charge in [-0.2, -0.15) is 13.2 Å². The summed E-state index contributed by atoms with van der Waals surface area (Å²) in [6, 6.07) is 1.70. The SMILES string of the molecule is C\C=C/C(=C\C(=C\CC)C(F)(F)F)c1nc2c(o1)C(Nc1nccc3c1C=CNC3OC)CCC2. The largest absolute Gasteiger partial charge is 0.439 e. The summed E-state index contributed by atoms with van der Waals surface area (Å²) in [5.74, 6) is 1.50. The van der Waals surface area contributed by atoms with E-state index in [1.165, 1.54) is 0 Å². The Morgan fingerprint density at radius 1 is 1.37 bits per heavy atom. The molecule has 0 radical (unpaired) electrons. The maximum Gasteiger partial charge on any atom is 0.416 e. The van der Waals surface area contributed by atoms with Crippen molar-refractivity contribution in [3.8, 4) is 0 Å². The van der Waals surface area contributed by atoms with Crippen molar-refractivity contribution in [2.24, 2.45) is 0 Å². The number of nitrogens with zero attached hydrogens (tertiary/aromatic N) is 2. The summed E-state index contributed by atoms with van der Waals surface area (Å²) < 4.78 is 52.2. The van der Waals surface area contributed by atoms with Crippen LogP contribution in [0, 0.1) is 0 Å². The number of rotatable bonds is 7. The molecule has 0 amide bonds. The minimum Gasteiger partial charge on any atom is -0.439 e. The lowest BCUT2D eigenvalue weighted by molar-refractivity contribution is -0.0883. The van der Waals surface area contributed by atoms with Crippen molar-refractivity contribution in [1.29, 1.82) is 0 Å². The van der Waals surface area contributed by atoms with Gasteiger partial charge in [0.05, 0.1) is 17.3 Å². The van der Waals surface area contributed by atoms with E-state index in [9.17, 15) is 13.2 Å². The van der Waals surface area contributed by atoms with Gasteiger partial charge < -0.3 is 19.8 Å². The number of allylic oxidation sites excluding steroid dienone is 6. The molecular weight excluding hydrogens is 457 g/mol. The Balaban J connectivity index is 1.68. The Morgan fingerprint density at radius 3 is 2.91 bits per heavy atom. The van der Waals surface area contributed by atoms with Gasteiger partial charge in [-0.05, 0) is 57.0 Å². The van der Waals surface area contributed by atoms with Gasteiger partial charge >= 0.3 is 6.18 Å². The van der Waals surface area contributed by atoms with E-state index in [1.807, 2.05) is 18.3 Å². The second-order valence-electron chi connectivity index (χ2n) is 8.36. The first-order chi connectivity index (χ1) is 16.9. The van der Waals surface area contributed by atoms with Crippen LogP contribution < -0.4 is 10.6 Å². The third-order valence-corrected chi connectivity index (χ3v) is 5.96. The lowest BCUT2D eigenvalue weighted by atomic mass is 9.96. The minimum atomic E-state index is -4.46. The molecule has 0 saturated carbocycles. The molecular formula is C26H29F3N4O2. The molecule has 0 spiro atoms. The first kappa shape index (κ1) is 24.8. The van der Waals surface area contributed by atoms with Crippen LogP contribution in [0.2, 0.25) is 0 Å². The third kappa shape index (κ3) is 5.35. The molecule has 0 aromatic carbocycles. The van der Waals surface area contributed by atoms with Crippen molar-refractivity contribution in [2.45, 2.75) is 58.0 Å². The monoisotopic (exact) mass is 486 g/mol. The smallest absolute Gasteiger partial charge is 0.416 e. The summed E-state index contributed by atoms with van der Waals surface area (Å²) in [4.78, 5) is 9.11. The van der Waals surface area contributed by atoms with E-state index in [2.05, 4.69) is 20.6 Å². The lowest BCUT2D eigenvalue weighted by Crippen LogP contribution is -2.23. The molecule has 2 aliphatic rings. The van der Waals surface area contributed by atoms with Crippen LogP contribution in [0.25, 0.3) is 11.6 Å². The summed E-state index contributed by atoms with van der Waals surface area (Å²) >= 11 is 0. The number of alkyl halides is 3. The van der Waals surface area contributed by atoms with E-state index >= 15 is 0 Å². The number of anilines is 1. The number of methoxy groups -OCH3 is 1. The van der Waals surface area contributed by atoms with Gasteiger partial charge in [0.25, 0.3) is 0 Å². The van der Waals surface area contributed by atoms with Crippen molar-refractivity contribution in [3.05, 3.63) is 76.8 Å². The zero-order valence-electron chi connectivity index (χ0n) is 19.9. The second kappa shape index (κ2) is 10.5. The average Bonchev–Trinajstić information content (AvgIpc) is 3.28. The van der Waals surface area contributed by atoms with E-state index in [-0.39, 0.29) is 30.2 Å². The molecule has 4 rings (SSSR count). The lowest BCUT2D eigenvalue weighted by Gasteiger charge is -2.26. The Labute approximate surface area is 202 Å². The van der Waals surface area contributed by atoms with Gasteiger partial charge in [-0.15, -0.1) is 0 Å². The van der Waals surface area contributed by atoms with Crippen LogP contribution in [0.3, 0.4) is 0 Å². The number of ether oxygens (including phenoxy) is 1. The summed E-state index contributed by atoms with van der Waals surface area (Å²) in [7, 11) is 1.63. The normalized spacial score (nSPS) is 20.5. The van der Waals surface area contributed by atoms with Crippen LogP contribution in [-0.2, 0) is 11.2 Å². The highest BCUT2D eigenvalue weighted by molar-refractivity contribution is 5.72. The van der Waals surface area contributed by atoms with E-state index in [0.29, 0.717) is 18.0 Å². The highest BCUT2D eigenvalue weighted by atomic mass is 19.4. The number of halogens is 3. The van der Waals surface area contributed by atoms with Crippen LogP contribution in [-0.4, -0.2) is 23.3 Å². The topological polar surface area (TPSA) is 72.2 Å². The number of pyridine rings is 1. The zero-order valence-corrected chi connectivity index (χ0v) is 19.9. The van der Waals surface area contributed by atoms with E-state index in [4.69, 9.17) is 9.15 Å². The number of aryl methyl sites for hydroxylation is 1. The molecule has 0 bridgehead atoms. The van der Waals surface area contributed by atoms with E-state index in [0.717, 1.165) is 41.8 Å². The molecule has 0 fully saturated rings. The third-order valence-electron chi connectivity index (χ3n) is 5.96. The Morgan fingerprint density at radius 2 is 2.20 bits per heavy atom. The predicted molar refractivity (Wildman–Crippen MR) is 129 cm³/mol. The fourth-order valence-electron chi connectivity index (χ4n) is 4.36. The first-order valence-corrected chi connectivity index (χ1v) is 11.7. The summed E-state index contributed by atoms with van der Waals surface area (Å²) in [5.41, 5.74) is 2.20. The van der Waals surface area contributed by atoms with Crippen molar-refractivity contribution in [3.63, 3.8) is 0 Å². The number of hydrogen-bond donors (Lipinski definition) is 2. The van der Waals surface area contributed by atoms with Gasteiger partial charge in [-0.1, -0.05) is 25.2 Å². The van der Waals surface area contributed by atoms with Crippen LogP contribution in [0.4, 0.5) is 19.0 Å². The van der Waals surface area contributed by atoms with Gasteiger partial charge in [-0.25, -0.2) is 9.97 Å². The molecule has 3 heterocycles. The average molecular weight is 487 g/mol. The molecule has 1 aliphatic heterocycles. The molecule has 1 aliphatic carbocycles. The van der Waals surface area contributed by atoms with Gasteiger partial charge in [0.2, 0.25) is 5.89 Å². The highest BCUT2D eigenvalue weighted by Crippen LogP contribution is 2.38. The second-order valence-corrected chi connectivity index (χ2v) is 8.36. The number of hydrogen-bond acceptors (Lipinski definition) is 6. The maximum absolute atomic E-state index is 13.5. The van der Waals surface area contributed by atoms with Crippen LogP contribution in [0.5, 0.6) is 0 Å². The summed E-state index contributed by atoms with van der Waals surface area (Å²) in [6.07, 6.45) is 8.89. The highest BCUT2D eigenvalue weighted by Gasteiger charge is 2.33. The molecule has 6 nitrogen and oxygen atoms in total. The maximum atomic E-state index is 13.5. The predicted octanol–water partition coefficient (Wildman–Crippen LogP) is 6.64. The number of nitrogens with one attached hydrogen (secondary N) is 2. The van der Waals surface area contributed by atoms with Crippen LogP contribution in [0.15, 0.2) is 52.8 Å². The molecule has 2 aromatic heterocycles. The Bertz CT molecular complexity index is 1180. The summed E-state index contributed by atoms with van der Waals surface area (Å²) in [6.45, 7) is 3.42. The van der Waals surface area contributed by atoms with Gasteiger partial charge in [0.1, 0.15) is 11.6 Å². The Hall–Kier alpha value is -3.33. The molecule has 2 aromatic rings. The van der Waals surface area contributed by atoms with Crippen molar-refractivity contribution in [2.75, 3.05) is 12.4 Å². The zero-order chi connectivity index (χ0) is 25.0. The van der Waals surface area contributed by atoms with Gasteiger partial charge in [0, 0.05) is 30.0 Å². The summed E-state index contributed by atoms with van der Waals surface area (Å²) in [5, 5.41) is 6.62. The van der Waals surface area contributed by atoms with Crippen LogP contribution >= 0.6 is 0 Å². The number of aromatic nitrogens is 2. The van der Waals surface area contributed by atoms with Crippen LogP contribution in [0.1, 0.15) is 73.9 Å². The van der Waals surface area contributed by atoms with E-state index in [1.54, 1.807) is 39.3 Å². The molecule has 9 heteroatoms. The first-order valence-electron chi connectivity index (χ1n) is 11.7. The standard InChI is InChI=1S/C26H29F3N4O2/c1-4-7-16(15-17(8-5-2)26(27,28)29)24-33-21-10-6-9-20(22(21)35-24)32-23-18-11-14-31-25(34-3)19(18)12-13-30-23/h4,7-8,11-15,20,25,31H,5-6,9-10H2,1-3H3,(H,30,32)/b7-4-,16-15+,17-8-. The molecule has 0 saturated heterocycles. The minimum absolute atomic E-state index is 0.180. The van der Waals surface area contributed by atoms with Crippen molar-refractivity contribution in [1.82, 2.24) is 15.3 Å². The molecule has 2 unspecified atom stereocenters. The fraction of sp³-hybridized carbons (Fsp3) is 0.385.